The van der Waals surface area contributed by atoms with Crippen LogP contribution in [0.15, 0.2) is 47.1 Å². The van der Waals surface area contributed by atoms with Crippen LogP contribution in [0, 0.1) is 5.92 Å². The summed E-state index contributed by atoms with van der Waals surface area (Å²) in [7, 11) is 1.71. The average molecular weight is 378 g/mol. The van der Waals surface area contributed by atoms with Gasteiger partial charge in [-0.3, -0.25) is 9.80 Å². The Morgan fingerprint density at radius 1 is 1.00 bits per heavy atom. The highest BCUT2D eigenvalue weighted by atomic mass is 16.6. The van der Waals surface area contributed by atoms with Gasteiger partial charge in [0.05, 0.1) is 7.11 Å². The van der Waals surface area contributed by atoms with Crippen LogP contribution in [0.1, 0.15) is 24.0 Å². The molecule has 0 saturated carbocycles. The number of aromatic nitrogens is 2. The number of ether oxygens (including phenoxy) is 1. The lowest BCUT2D eigenvalue weighted by Gasteiger charge is -2.36. The summed E-state index contributed by atoms with van der Waals surface area (Å²) in [5.41, 5.74) is 4.32. The molecule has 3 saturated heterocycles. The van der Waals surface area contributed by atoms with Crippen LogP contribution >= 0.6 is 0 Å². The maximum atomic E-state index is 5.28. The molecule has 3 aromatic rings. The Hall–Kier alpha value is -2.44. The molecule has 0 aliphatic carbocycles. The zero-order valence-corrected chi connectivity index (χ0v) is 16.3. The first-order chi connectivity index (χ1) is 13.8. The Balaban J connectivity index is 1.30. The van der Waals surface area contributed by atoms with Crippen molar-refractivity contribution < 1.29 is 9.37 Å². The van der Waals surface area contributed by atoms with Crippen molar-refractivity contribution in [2.75, 3.05) is 26.7 Å². The van der Waals surface area contributed by atoms with E-state index < -0.39 is 0 Å². The Morgan fingerprint density at radius 2 is 1.89 bits per heavy atom. The van der Waals surface area contributed by atoms with Crippen LogP contribution in [-0.4, -0.2) is 52.9 Å². The van der Waals surface area contributed by atoms with E-state index in [4.69, 9.17) is 9.37 Å². The fourth-order valence-corrected chi connectivity index (χ4v) is 4.80. The maximum absolute atomic E-state index is 5.28. The quantitative estimate of drug-likeness (QED) is 0.679. The fraction of sp³-hybridized carbons (Fsp3) is 0.455. The van der Waals surface area contributed by atoms with E-state index >= 15 is 0 Å². The second-order valence-electron chi connectivity index (χ2n) is 8.12. The Bertz CT molecular complexity index is 939. The zero-order chi connectivity index (χ0) is 18.9. The van der Waals surface area contributed by atoms with E-state index in [1.807, 2.05) is 12.1 Å². The summed E-state index contributed by atoms with van der Waals surface area (Å²) in [6.45, 7) is 5.38. The topological polar surface area (TPSA) is 54.6 Å². The van der Waals surface area contributed by atoms with Crippen LogP contribution in [0.5, 0.6) is 5.75 Å². The summed E-state index contributed by atoms with van der Waals surface area (Å²) in [5.74, 6) is 1.65. The number of fused-ring (bicyclic) bond motifs is 5. The van der Waals surface area contributed by atoms with Crippen LogP contribution in [0.4, 0.5) is 0 Å². The molecule has 3 aliphatic heterocycles. The third-order valence-corrected chi connectivity index (χ3v) is 6.21. The van der Waals surface area contributed by atoms with Gasteiger partial charge in [0, 0.05) is 38.8 Å². The minimum Gasteiger partial charge on any atom is -0.497 e. The molecule has 28 heavy (non-hydrogen) atoms. The number of piperidine rings is 1. The first-order valence-corrected chi connectivity index (χ1v) is 10.1. The number of benzene rings is 2. The third kappa shape index (κ3) is 3.50. The predicted octanol–water partition coefficient (Wildman–Crippen LogP) is 3.33. The molecule has 0 amide bonds. The monoisotopic (exact) mass is 378 g/mol. The van der Waals surface area contributed by atoms with Crippen molar-refractivity contribution in [2.24, 2.45) is 5.92 Å². The van der Waals surface area contributed by atoms with Gasteiger partial charge in [-0.15, -0.1) is 0 Å². The maximum Gasteiger partial charge on any atom is 0.139 e. The molecule has 2 atom stereocenters. The average Bonchev–Trinajstić information content (AvgIpc) is 3.05. The molecule has 3 fully saturated rings. The molecule has 6 rings (SSSR count). The molecule has 4 heterocycles. The molecule has 2 bridgehead atoms. The number of hydrogen-bond donors (Lipinski definition) is 0. The Kier molecular flexibility index (Phi) is 4.74. The van der Waals surface area contributed by atoms with Crippen LogP contribution in [0.2, 0.25) is 0 Å². The van der Waals surface area contributed by atoms with Crippen LogP contribution in [-0.2, 0) is 13.1 Å². The van der Waals surface area contributed by atoms with Crippen molar-refractivity contribution in [3.05, 3.63) is 53.6 Å². The van der Waals surface area contributed by atoms with Crippen molar-refractivity contribution in [1.82, 2.24) is 20.1 Å². The van der Waals surface area contributed by atoms with E-state index in [-0.39, 0.29) is 0 Å². The number of hydrogen-bond acceptors (Lipinski definition) is 6. The molecular weight excluding hydrogens is 352 g/mol. The lowest BCUT2D eigenvalue weighted by Crippen LogP contribution is -2.43. The third-order valence-electron chi connectivity index (χ3n) is 6.21. The molecule has 0 radical (unpaired) electrons. The highest BCUT2D eigenvalue weighted by Gasteiger charge is 2.34. The number of nitrogens with zero attached hydrogens (tertiary/aromatic N) is 4. The van der Waals surface area contributed by atoms with Gasteiger partial charge in [-0.1, -0.05) is 24.3 Å². The molecule has 6 heteroatoms. The standard InChI is InChI=1S/C22H26N4O2/c1-27-20-9-6-16(7-10-20)11-25-12-17-5-8-19(15-25)26(13-17)14-18-3-2-4-21-22(18)24-28-23-21/h2-4,6-7,9-10,17,19H,5,8,11-15H2,1H3/t17-,19+/m1/s1. The predicted molar refractivity (Wildman–Crippen MR) is 107 cm³/mol. The molecule has 0 spiro atoms. The van der Waals surface area contributed by atoms with Gasteiger partial charge in [-0.25, -0.2) is 4.63 Å². The van der Waals surface area contributed by atoms with E-state index in [2.05, 4.69) is 50.4 Å². The molecule has 2 aromatic carbocycles. The van der Waals surface area contributed by atoms with Crippen molar-refractivity contribution in [2.45, 2.75) is 32.0 Å². The van der Waals surface area contributed by atoms with Crippen LogP contribution < -0.4 is 4.74 Å². The molecule has 6 nitrogen and oxygen atoms in total. The van der Waals surface area contributed by atoms with Gasteiger partial charge in [-0.05, 0) is 58.4 Å². The highest BCUT2D eigenvalue weighted by Crippen LogP contribution is 2.31. The van der Waals surface area contributed by atoms with Gasteiger partial charge >= 0.3 is 0 Å². The van der Waals surface area contributed by atoms with E-state index in [1.54, 1.807) is 7.11 Å². The summed E-state index contributed by atoms with van der Waals surface area (Å²) >= 11 is 0. The van der Waals surface area contributed by atoms with E-state index in [0.29, 0.717) is 6.04 Å². The smallest absolute Gasteiger partial charge is 0.139 e. The lowest BCUT2D eigenvalue weighted by molar-refractivity contribution is 0.123. The van der Waals surface area contributed by atoms with Crippen LogP contribution in [0.25, 0.3) is 11.0 Å². The van der Waals surface area contributed by atoms with Gasteiger partial charge in [0.15, 0.2) is 0 Å². The van der Waals surface area contributed by atoms with Gasteiger partial charge in [0.2, 0.25) is 0 Å². The van der Waals surface area contributed by atoms with Gasteiger partial charge in [-0.2, -0.15) is 0 Å². The first kappa shape index (κ1) is 17.6. The van der Waals surface area contributed by atoms with Crippen molar-refractivity contribution in [1.29, 1.82) is 0 Å². The fourth-order valence-electron chi connectivity index (χ4n) is 4.80. The SMILES string of the molecule is COc1ccc(CN2C[C@H]3CC[C@@H](C2)N(Cc2cccc4nonc24)C3)cc1. The van der Waals surface area contributed by atoms with E-state index in [0.717, 1.165) is 48.9 Å². The molecule has 146 valence electrons. The summed E-state index contributed by atoms with van der Waals surface area (Å²) in [4.78, 5) is 5.27. The van der Waals surface area contributed by atoms with Gasteiger partial charge < -0.3 is 4.74 Å². The minimum atomic E-state index is 0.590. The largest absolute Gasteiger partial charge is 0.497 e. The van der Waals surface area contributed by atoms with Crippen molar-refractivity contribution >= 4 is 11.0 Å². The zero-order valence-electron chi connectivity index (χ0n) is 16.3. The van der Waals surface area contributed by atoms with Gasteiger partial charge in [0.25, 0.3) is 0 Å². The van der Waals surface area contributed by atoms with E-state index in [1.165, 1.54) is 30.5 Å². The van der Waals surface area contributed by atoms with E-state index in [9.17, 15) is 0 Å². The van der Waals surface area contributed by atoms with Crippen LogP contribution in [0.3, 0.4) is 0 Å². The van der Waals surface area contributed by atoms with Gasteiger partial charge in [0.1, 0.15) is 16.8 Å². The minimum absolute atomic E-state index is 0.590. The summed E-state index contributed by atoms with van der Waals surface area (Å²) in [6, 6.07) is 15.2. The van der Waals surface area contributed by atoms with Crippen molar-refractivity contribution in [3.8, 4) is 5.75 Å². The molecular formula is C22H26N4O2. The molecule has 1 aromatic heterocycles. The highest BCUT2D eigenvalue weighted by molar-refractivity contribution is 5.76. The summed E-state index contributed by atoms with van der Waals surface area (Å²) in [5, 5.41) is 8.11. The Morgan fingerprint density at radius 3 is 2.75 bits per heavy atom. The second-order valence-corrected chi connectivity index (χ2v) is 8.12. The Labute approximate surface area is 165 Å². The second kappa shape index (κ2) is 7.53. The molecule has 0 unspecified atom stereocenters. The lowest BCUT2D eigenvalue weighted by atomic mass is 9.94. The summed E-state index contributed by atoms with van der Waals surface area (Å²) < 4.78 is 10.2. The number of methoxy groups -OCH3 is 1. The van der Waals surface area contributed by atoms with Crippen molar-refractivity contribution in [3.63, 3.8) is 0 Å². The number of rotatable bonds is 5. The molecule has 0 N–H and O–H groups in total. The first-order valence-electron chi connectivity index (χ1n) is 10.1. The summed E-state index contributed by atoms with van der Waals surface area (Å²) in [6.07, 6.45) is 2.60. The normalized spacial score (nSPS) is 23.2. The molecule has 3 aliphatic rings.